The van der Waals surface area contributed by atoms with Crippen LogP contribution in [0.5, 0.6) is 0 Å². The molecule has 0 rings (SSSR count). The van der Waals surface area contributed by atoms with Crippen LogP contribution in [0.1, 0.15) is 335 Å². The second kappa shape index (κ2) is 66.7. The van der Waals surface area contributed by atoms with Gasteiger partial charge in [-0.05, 0) is 83.5 Å². The van der Waals surface area contributed by atoms with E-state index in [1.165, 1.54) is 238 Å². The third kappa shape index (κ3) is 68.1. The smallest absolute Gasteiger partial charge is 0.306 e. The Morgan fingerprint density at radius 1 is 0.365 bits per heavy atom. The minimum Gasteiger partial charge on any atom is -0.545 e. The molecular weight excluding hydrogens is 1050 g/mol. The average Bonchev–Trinajstić information content (AvgIpc) is 3.49. The minimum atomic E-state index is -1.62. The first-order valence-electron chi connectivity index (χ1n) is 36.1. The number of carbonyl (C=O) groups is 3. The average molecular weight is 1190 g/mol. The number of aliphatic carboxylic acids is 1. The summed E-state index contributed by atoms with van der Waals surface area (Å²) in [6.45, 7) is 4.68. The third-order valence-electron chi connectivity index (χ3n) is 15.9. The molecule has 0 aliphatic carbocycles. The Labute approximate surface area is 526 Å². The zero-order valence-corrected chi connectivity index (χ0v) is 56.5. The number of hydrogen-bond acceptors (Lipinski definition) is 8. The fourth-order valence-electron chi connectivity index (χ4n) is 10.4. The number of ether oxygens (including phenoxy) is 4. The second-order valence-electron chi connectivity index (χ2n) is 25.5. The largest absolute Gasteiger partial charge is 0.545 e. The number of nitrogens with zero attached hydrogens (tertiary/aromatic N) is 1. The summed E-state index contributed by atoms with van der Waals surface area (Å²) in [5, 5.41) is 11.8. The van der Waals surface area contributed by atoms with Crippen molar-refractivity contribution in [1.82, 2.24) is 0 Å². The van der Waals surface area contributed by atoms with E-state index in [0.717, 1.165) is 64.2 Å². The highest BCUT2D eigenvalue weighted by Gasteiger charge is 2.22. The van der Waals surface area contributed by atoms with Gasteiger partial charge in [-0.15, -0.1) is 0 Å². The van der Waals surface area contributed by atoms with Crippen molar-refractivity contribution in [3.63, 3.8) is 0 Å². The van der Waals surface area contributed by atoms with Gasteiger partial charge in [-0.2, -0.15) is 0 Å². The predicted octanol–water partition coefficient (Wildman–Crippen LogP) is 21.1. The summed E-state index contributed by atoms with van der Waals surface area (Å²) < 4.78 is 22.8. The van der Waals surface area contributed by atoms with Crippen LogP contribution in [0.25, 0.3) is 0 Å². The summed E-state index contributed by atoms with van der Waals surface area (Å²) in [5.41, 5.74) is 0. The van der Waals surface area contributed by atoms with Gasteiger partial charge in [0.05, 0.1) is 40.3 Å². The summed E-state index contributed by atoms with van der Waals surface area (Å²) in [6.07, 6.45) is 85.7. The van der Waals surface area contributed by atoms with Gasteiger partial charge in [0, 0.05) is 12.8 Å². The molecule has 9 nitrogen and oxygen atoms in total. The molecule has 0 saturated carbocycles. The predicted molar refractivity (Wildman–Crippen MR) is 361 cm³/mol. The molecule has 0 bridgehead atoms. The summed E-state index contributed by atoms with van der Waals surface area (Å²) in [4.78, 5) is 37.5. The Morgan fingerprint density at radius 3 is 1.01 bits per heavy atom. The zero-order chi connectivity index (χ0) is 61.9. The molecule has 0 aliphatic heterocycles. The molecule has 0 aromatic rings. The maximum atomic E-state index is 12.9. The number of allylic oxidation sites excluding steroid dienone is 12. The van der Waals surface area contributed by atoms with E-state index in [4.69, 9.17) is 18.9 Å². The first kappa shape index (κ1) is 81.7. The van der Waals surface area contributed by atoms with E-state index < -0.39 is 24.3 Å². The van der Waals surface area contributed by atoms with Crippen molar-refractivity contribution in [3.8, 4) is 0 Å². The SMILES string of the molecule is CC/C=C\C/C=C\C/C=C\C/C=C\C/C=C\CCCCCCCCCCCCCCCCCCCCCCCCCC(=O)OC(COC(=O)CCCCCCCCCCC/C=C\CCCCCCCCCC)COC(OCC[N+](C)(C)C)C(=O)[O-]. The molecule has 0 fully saturated rings. The van der Waals surface area contributed by atoms with Crippen LogP contribution in [0, 0.1) is 0 Å². The Morgan fingerprint density at radius 2 is 0.671 bits per heavy atom. The van der Waals surface area contributed by atoms with Crippen molar-refractivity contribution in [2.24, 2.45) is 0 Å². The Hall–Kier alpha value is -3.27. The summed E-state index contributed by atoms with van der Waals surface area (Å²) >= 11 is 0. The molecule has 2 atom stereocenters. The van der Waals surface area contributed by atoms with Crippen molar-refractivity contribution in [1.29, 1.82) is 0 Å². The number of carboxylic acids is 1. The van der Waals surface area contributed by atoms with Crippen LogP contribution in [0.2, 0.25) is 0 Å². The molecule has 0 aliphatic rings. The van der Waals surface area contributed by atoms with Crippen LogP contribution in [0.15, 0.2) is 72.9 Å². The monoisotopic (exact) mass is 1190 g/mol. The molecule has 0 amide bonds. The number of hydrogen-bond donors (Lipinski definition) is 0. The summed E-state index contributed by atoms with van der Waals surface area (Å²) in [5.74, 6) is -2.26. The van der Waals surface area contributed by atoms with Crippen LogP contribution in [0.4, 0.5) is 0 Å². The highest BCUT2D eigenvalue weighted by atomic mass is 16.7. The topological polar surface area (TPSA) is 111 Å². The van der Waals surface area contributed by atoms with Crippen molar-refractivity contribution in [3.05, 3.63) is 72.9 Å². The van der Waals surface area contributed by atoms with Crippen LogP contribution in [-0.2, 0) is 33.3 Å². The highest BCUT2D eigenvalue weighted by Crippen LogP contribution is 2.18. The molecule has 0 spiro atoms. The normalized spacial score (nSPS) is 13.1. The van der Waals surface area contributed by atoms with Crippen LogP contribution >= 0.6 is 0 Å². The van der Waals surface area contributed by atoms with Crippen LogP contribution in [-0.4, -0.2) is 82.3 Å². The molecule has 0 aromatic heterocycles. The van der Waals surface area contributed by atoms with E-state index >= 15 is 0 Å². The first-order valence-corrected chi connectivity index (χ1v) is 36.1. The van der Waals surface area contributed by atoms with Gasteiger partial charge in [0.15, 0.2) is 12.4 Å². The van der Waals surface area contributed by atoms with Gasteiger partial charge in [-0.3, -0.25) is 9.59 Å². The van der Waals surface area contributed by atoms with Crippen molar-refractivity contribution in [2.45, 2.75) is 347 Å². The Kier molecular flexibility index (Phi) is 64.1. The van der Waals surface area contributed by atoms with Gasteiger partial charge in [0.2, 0.25) is 0 Å². The van der Waals surface area contributed by atoms with Crippen molar-refractivity contribution >= 4 is 17.9 Å². The van der Waals surface area contributed by atoms with Gasteiger partial charge in [0.25, 0.3) is 0 Å². The van der Waals surface area contributed by atoms with E-state index in [1.807, 2.05) is 21.1 Å². The molecule has 0 N–H and O–H groups in total. The quantitative estimate of drug-likeness (QED) is 0.0195. The first-order chi connectivity index (χ1) is 41.6. The van der Waals surface area contributed by atoms with E-state index in [-0.39, 0.29) is 32.2 Å². The number of unbranched alkanes of at least 4 members (excludes halogenated alkanes) is 40. The Balaban J connectivity index is 4.00. The number of carboxylic acid groups (broad SMARTS) is 1. The van der Waals surface area contributed by atoms with Gasteiger partial charge in [0.1, 0.15) is 13.2 Å². The number of carbonyl (C=O) groups excluding carboxylic acids is 3. The molecule has 0 heterocycles. The number of esters is 2. The van der Waals surface area contributed by atoms with Gasteiger partial charge in [-0.25, -0.2) is 0 Å². The molecule has 494 valence electrons. The zero-order valence-electron chi connectivity index (χ0n) is 56.5. The van der Waals surface area contributed by atoms with E-state index in [1.54, 1.807) is 0 Å². The molecule has 2 unspecified atom stereocenters. The lowest BCUT2D eigenvalue weighted by atomic mass is 10.0. The molecule has 0 saturated heterocycles. The van der Waals surface area contributed by atoms with Crippen LogP contribution < -0.4 is 5.11 Å². The lowest BCUT2D eigenvalue weighted by molar-refractivity contribution is -0.870. The lowest BCUT2D eigenvalue weighted by Crippen LogP contribution is -2.44. The number of quaternary nitrogens is 1. The molecular formula is C76H137NO8. The fourth-order valence-corrected chi connectivity index (χ4v) is 10.4. The lowest BCUT2D eigenvalue weighted by Gasteiger charge is -2.26. The summed E-state index contributed by atoms with van der Waals surface area (Å²) in [6, 6.07) is 0. The Bertz CT molecular complexity index is 1620. The maximum absolute atomic E-state index is 12.9. The van der Waals surface area contributed by atoms with Crippen LogP contribution in [0.3, 0.4) is 0 Å². The number of likely N-dealkylation sites (N-methyl/N-ethyl adjacent to an activating group) is 1. The highest BCUT2D eigenvalue weighted by molar-refractivity contribution is 5.70. The van der Waals surface area contributed by atoms with Gasteiger partial charge >= 0.3 is 11.9 Å². The van der Waals surface area contributed by atoms with Gasteiger partial charge < -0.3 is 33.3 Å². The molecule has 9 heteroatoms. The molecule has 85 heavy (non-hydrogen) atoms. The van der Waals surface area contributed by atoms with Crippen molar-refractivity contribution in [2.75, 3.05) is 47.5 Å². The van der Waals surface area contributed by atoms with Crippen molar-refractivity contribution < 1.29 is 42.9 Å². The minimum absolute atomic E-state index is 0.148. The maximum Gasteiger partial charge on any atom is 0.306 e. The number of rotatable bonds is 67. The standard InChI is InChI=1S/C76H137NO8/c1-6-8-10-12-14-16-18-20-22-24-26-28-29-30-31-32-33-34-35-36-37-38-39-40-41-42-43-44-45-47-49-51-53-55-57-59-61-63-65-67-74(79)85-72(71-84-76(75(80)81)82-69-68-77(3,4)5)70-83-73(78)66-64-62-60-58-56-54-52-50-48-46-27-25-23-21-19-17-15-13-11-9-7-2/h8,10,14,16,20,22,25-28,30-31,72,76H,6-7,9,11-13,15,17-19,21,23-24,29,32-71H2,1-5H3/b10-8-,16-14-,22-20-,27-25-,28-26-,31-30-. The molecule has 0 radical (unpaired) electrons. The second-order valence-corrected chi connectivity index (χ2v) is 25.5. The van der Waals surface area contributed by atoms with Gasteiger partial charge in [-0.1, -0.05) is 311 Å². The van der Waals surface area contributed by atoms with E-state index in [2.05, 4.69) is 86.8 Å². The molecule has 0 aromatic carbocycles. The fraction of sp³-hybridized carbons (Fsp3) is 0.803. The van der Waals surface area contributed by atoms with E-state index in [9.17, 15) is 19.5 Å². The van der Waals surface area contributed by atoms with E-state index in [0.29, 0.717) is 23.9 Å². The summed E-state index contributed by atoms with van der Waals surface area (Å²) in [7, 11) is 5.94. The third-order valence-corrected chi connectivity index (χ3v) is 15.9.